The van der Waals surface area contributed by atoms with Gasteiger partial charge in [-0.2, -0.15) is 0 Å². The Kier molecular flexibility index (Phi) is 3.86. The molecular weight excluding hydrogens is 270 g/mol. The molecule has 1 aliphatic heterocycles. The van der Waals surface area contributed by atoms with E-state index in [0.717, 1.165) is 30.9 Å². The molecule has 90 valence electrons. The highest BCUT2D eigenvalue weighted by atomic mass is 79.9. The monoisotopic (exact) mass is 287 g/mol. The highest BCUT2D eigenvalue weighted by molar-refractivity contribution is 9.09. The molecule has 1 aliphatic rings. The van der Waals surface area contributed by atoms with E-state index in [2.05, 4.69) is 44.2 Å². The van der Waals surface area contributed by atoms with E-state index >= 15 is 0 Å². The lowest BCUT2D eigenvalue weighted by atomic mass is 10.2. The van der Waals surface area contributed by atoms with Crippen LogP contribution in [0.5, 0.6) is 0 Å². The van der Waals surface area contributed by atoms with Crippen LogP contribution in [0.1, 0.15) is 13.8 Å². The third-order valence-corrected chi connectivity index (χ3v) is 3.54. The van der Waals surface area contributed by atoms with Crippen molar-refractivity contribution >= 4 is 21.9 Å². The fourth-order valence-electron chi connectivity index (χ4n) is 2.13. The van der Waals surface area contributed by atoms with Crippen LogP contribution in [0, 0.1) is 0 Å². The molecule has 2 rings (SSSR count). The summed E-state index contributed by atoms with van der Waals surface area (Å²) >= 11 is 3.49. The van der Waals surface area contributed by atoms with E-state index in [4.69, 9.17) is 4.74 Å². The molecule has 0 aromatic carbocycles. The molecule has 4 nitrogen and oxygen atoms in total. The van der Waals surface area contributed by atoms with E-state index in [1.54, 1.807) is 0 Å². The molecule has 0 spiro atoms. The SMILES string of the molecule is CCn1ccnc1N1CC(C)OC(CBr)C1. The Morgan fingerprint density at radius 2 is 2.38 bits per heavy atom. The van der Waals surface area contributed by atoms with Crippen molar-refractivity contribution in [3.8, 4) is 0 Å². The van der Waals surface area contributed by atoms with Crippen LogP contribution in [0.4, 0.5) is 5.95 Å². The molecule has 5 heteroatoms. The van der Waals surface area contributed by atoms with Gasteiger partial charge in [-0.15, -0.1) is 0 Å². The molecule has 2 atom stereocenters. The quantitative estimate of drug-likeness (QED) is 0.796. The molecule has 1 saturated heterocycles. The summed E-state index contributed by atoms with van der Waals surface area (Å²) in [6.45, 7) is 7.03. The predicted octanol–water partition coefficient (Wildman–Crippen LogP) is 1.89. The van der Waals surface area contributed by atoms with Crippen molar-refractivity contribution in [3.05, 3.63) is 12.4 Å². The van der Waals surface area contributed by atoms with E-state index in [0.29, 0.717) is 0 Å². The maximum atomic E-state index is 5.81. The molecular formula is C11H18BrN3O. The Bertz CT molecular complexity index is 342. The molecule has 1 aromatic rings. The van der Waals surface area contributed by atoms with Gasteiger partial charge in [0.2, 0.25) is 5.95 Å². The summed E-state index contributed by atoms with van der Waals surface area (Å²) in [6, 6.07) is 0. The van der Waals surface area contributed by atoms with Crippen LogP contribution < -0.4 is 4.90 Å². The molecule has 2 heterocycles. The predicted molar refractivity (Wildman–Crippen MR) is 68.2 cm³/mol. The Morgan fingerprint density at radius 1 is 1.56 bits per heavy atom. The highest BCUT2D eigenvalue weighted by Crippen LogP contribution is 2.19. The first-order chi connectivity index (χ1) is 7.74. The minimum absolute atomic E-state index is 0.255. The van der Waals surface area contributed by atoms with Crippen molar-refractivity contribution in [1.29, 1.82) is 0 Å². The molecule has 1 fully saturated rings. The normalized spacial score (nSPS) is 26.1. The van der Waals surface area contributed by atoms with Crippen LogP contribution in [0.2, 0.25) is 0 Å². The van der Waals surface area contributed by atoms with E-state index in [1.165, 1.54) is 0 Å². The van der Waals surface area contributed by atoms with E-state index in [9.17, 15) is 0 Å². The summed E-state index contributed by atoms with van der Waals surface area (Å²) in [4.78, 5) is 6.74. The first kappa shape index (κ1) is 11.9. The molecule has 0 N–H and O–H groups in total. The average molecular weight is 288 g/mol. The van der Waals surface area contributed by atoms with Gasteiger partial charge < -0.3 is 14.2 Å². The number of rotatable bonds is 3. The van der Waals surface area contributed by atoms with Crippen LogP contribution in [0.3, 0.4) is 0 Å². The maximum absolute atomic E-state index is 5.81. The van der Waals surface area contributed by atoms with Crippen molar-refractivity contribution in [2.24, 2.45) is 0 Å². The number of anilines is 1. The van der Waals surface area contributed by atoms with E-state index < -0.39 is 0 Å². The Balaban J connectivity index is 2.14. The van der Waals surface area contributed by atoms with Crippen molar-refractivity contribution in [2.45, 2.75) is 32.6 Å². The second kappa shape index (κ2) is 5.19. The van der Waals surface area contributed by atoms with Gasteiger partial charge in [0.1, 0.15) is 0 Å². The van der Waals surface area contributed by atoms with Gasteiger partial charge in [-0.3, -0.25) is 0 Å². The summed E-state index contributed by atoms with van der Waals surface area (Å²) in [5.41, 5.74) is 0. The van der Waals surface area contributed by atoms with Gasteiger partial charge in [-0.25, -0.2) is 4.98 Å². The lowest BCUT2D eigenvalue weighted by Crippen LogP contribution is -2.48. The van der Waals surface area contributed by atoms with Crippen molar-refractivity contribution in [3.63, 3.8) is 0 Å². The number of aromatic nitrogens is 2. The summed E-state index contributed by atoms with van der Waals surface area (Å²) in [5.74, 6) is 1.06. The van der Waals surface area contributed by atoms with Gasteiger partial charge >= 0.3 is 0 Å². The lowest BCUT2D eigenvalue weighted by molar-refractivity contribution is -0.00266. The van der Waals surface area contributed by atoms with Crippen LogP contribution in [0.15, 0.2) is 12.4 Å². The first-order valence-electron chi connectivity index (χ1n) is 5.72. The van der Waals surface area contributed by atoms with Crippen molar-refractivity contribution in [1.82, 2.24) is 9.55 Å². The van der Waals surface area contributed by atoms with Gasteiger partial charge in [0.15, 0.2) is 0 Å². The summed E-state index contributed by atoms with van der Waals surface area (Å²) in [6.07, 6.45) is 4.41. The summed E-state index contributed by atoms with van der Waals surface area (Å²) in [7, 11) is 0. The van der Waals surface area contributed by atoms with Gasteiger partial charge in [-0.1, -0.05) is 15.9 Å². The smallest absolute Gasteiger partial charge is 0.205 e. The van der Waals surface area contributed by atoms with Crippen molar-refractivity contribution in [2.75, 3.05) is 23.3 Å². The number of ether oxygens (including phenoxy) is 1. The number of nitrogens with zero attached hydrogens (tertiary/aromatic N) is 3. The first-order valence-corrected chi connectivity index (χ1v) is 6.84. The molecule has 0 bridgehead atoms. The second-order valence-corrected chi connectivity index (χ2v) is 4.79. The standard InChI is InChI=1S/C11H18BrN3O/c1-3-14-5-4-13-11(14)15-7-9(2)16-10(6-12)8-15/h4-5,9-10H,3,6-8H2,1-2H3. The Labute approximate surface area is 105 Å². The molecule has 0 amide bonds. The van der Waals surface area contributed by atoms with Crippen LogP contribution in [0.25, 0.3) is 0 Å². The average Bonchev–Trinajstić information content (AvgIpc) is 2.76. The van der Waals surface area contributed by atoms with Crippen molar-refractivity contribution < 1.29 is 4.74 Å². The van der Waals surface area contributed by atoms with Crippen LogP contribution >= 0.6 is 15.9 Å². The molecule has 0 saturated carbocycles. The number of alkyl halides is 1. The van der Waals surface area contributed by atoms with Crippen LogP contribution in [-0.4, -0.2) is 40.2 Å². The Hall–Kier alpha value is -0.550. The molecule has 16 heavy (non-hydrogen) atoms. The van der Waals surface area contributed by atoms with Gasteiger partial charge in [0, 0.05) is 37.4 Å². The fraction of sp³-hybridized carbons (Fsp3) is 0.727. The minimum atomic E-state index is 0.255. The summed E-state index contributed by atoms with van der Waals surface area (Å²) < 4.78 is 7.98. The number of aryl methyl sites for hydroxylation is 1. The zero-order chi connectivity index (χ0) is 11.5. The number of halogens is 1. The fourth-order valence-corrected chi connectivity index (χ4v) is 2.48. The summed E-state index contributed by atoms with van der Waals surface area (Å²) in [5, 5.41) is 0.876. The van der Waals surface area contributed by atoms with E-state index in [-0.39, 0.29) is 12.2 Å². The third-order valence-electron chi connectivity index (χ3n) is 2.82. The zero-order valence-corrected chi connectivity index (χ0v) is 11.4. The third kappa shape index (κ3) is 2.40. The topological polar surface area (TPSA) is 30.3 Å². The number of imidazole rings is 1. The molecule has 0 radical (unpaired) electrons. The molecule has 2 unspecified atom stereocenters. The molecule has 1 aromatic heterocycles. The van der Waals surface area contributed by atoms with Gasteiger partial charge in [0.05, 0.1) is 12.2 Å². The zero-order valence-electron chi connectivity index (χ0n) is 9.77. The highest BCUT2D eigenvalue weighted by Gasteiger charge is 2.26. The number of morpholine rings is 1. The Morgan fingerprint density at radius 3 is 3.06 bits per heavy atom. The molecule has 0 aliphatic carbocycles. The van der Waals surface area contributed by atoms with Gasteiger partial charge in [-0.05, 0) is 13.8 Å². The largest absolute Gasteiger partial charge is 0.371 e. The maximum Gasteiger partial charge on any atom is 0.205 e. The second-order valence-electron chi connectivity index (χ2n) is 4.14. The number of hydrogen-bond donors (Lipinski definition) is 0. The number of hydrogen-bond acceptors (Lipinski definition) is 3. The lowest BCUT2D eigenvalue weighted by Gasteiger charge is -2.36. The van der Waals surface area contributed by atoms with Gasteiger partial charge in [0.25, 0.3) is 0 Å². The minimum Gasteiger partial charge on any atom is -0.371 e. The van der Waals surface area contributed by atoms with E-state index in [1.807, 2.05) is 12.4 Å². The van der Waals surface area contributed by atoms with Crippen LogP contribution in [-0.2, 0) is 11.3 Å².